The molecule has 0 N–H and O–H groups in total. The minimum absolute atomic E-state index is 0.0707. The Kier molecular flexibility index (Phi) is 6.02. The van der Waals surface area contributed by atoms with Crippen LogP contribution in [-0.4, -0.2) is 40.7 Å². The van der Waals surface area contributed by atoms with Gasteiger partial charge >= 0.3 is 0 Å². The van der Waals surface area contributed by atoms with E-state index in [1.54, 1.807) is 5.01 Å². The lowest BCUT2D eigenvalue weighted by Gasteiger charge is -2.34. The normalized spacial score (nSPS) is 22.6. The molecule has 0 aliphatic carbocycles. The van der Waals surface area contributed by atoms with Gasteiger partial charge in [0.1, 0.15) is 0 Å². The third-order valence-electron chi connectivity index (χ3n) is 6.05. The molecule has 1 amide bonds. The topological polar surface area (TPSA) is 35.9 Å². The zero-order valence-electron chi connectivity index (χ0n) is 17.1. The minimum Gasteiger partial charge on any atom is -0.292 e. The maximum atomic E-state index is 13.3. The highest BCUT2D eigenvalue weighted by Gasteiger charge is 2.34. The van der Waals surface area contributed by atoms with Gasteiger partial charge in [0.15, 0.2) is 0 Å². The fourth-order valence-corrected chi connectivity index (χ4v) is 4.45. The van der Waals surface area contributed by atoms with E-state index < -0.39 is 0 Å². The van der Waals surface area contributed by atoms with Crippen LogP contribution in [0.25, 0.3) is 0 Å². The maximum Gasteiger partial charge on any atom is 0.257 e. The summed E-state index contributed by atoms with van der Waals surface area (Å²) in [6.45, 7) is 5.71. The number of carbonyl (C=O) groups is 1. The van der Waals surface area contributed by atoms with E-state index in [2.05, 4.69) is 36.9 Å². The second kappa shape index (κ2) is 8.68. The van der Waals surface area contributed by atoms with Crippen molar-refractivity contribution in [2.75, 3.05) is 13.1 Å². The molecule has 2 heterocycles. The van der Waals surface area contributed by atoms with Crippen LogP contribution >= 0.6 is 11.6 Å². The molecule has 4 nitrogen and oxygen atoms in total. The Morgan fingerprint density at radius 1 is 1.17 bits per heavy atom. The second-order valence-corrected chi connectivity index (χ2v) is 8.68. The molecular formula is C24H28ClN3O. The predicted molar refractivity (Wildman–Crippen MR) is 118 cm³/mol. The van der Waals surface area contributed by atoms with E-state index >= 15 is 0 Å². The number of rotatable bonds is 4. The summed E-state index contributed by atoms with van der Waals surface area (Å²) in [6, 6.07) is 16.5. The number of likely N-dealkylation sites (tertiary alicyclic amines) is 1. The van der Waals surface area contributed by atoms with E-state index in [-0.39, 0.29) is 11.9 Å². The standard InChI is InChI=1S/C24H28ClN3O/c1-17-6-5-8-20(14-17)22-15-23(19-9-11-21(25)12-10-19)28(26-22)24(29)16-27-13-4-3-7-18(27)2/h5-6,8-12,14,18,23H,3-4,7,13,15-16H2,1-2H3. The van der Waals surface area contributed by atoms with Crippen molar-refractivity contribution in [2.24, 2.45) is 5.10 Å². The van der Waals surface area contributed by atoms with Gasteiger partial charge in [0, 0.05) is 17.5 Å². The summed E-state index contributed by atoms with van der Waals surface area (Å²) in [6.07, 6.45) is 4.28. The number of nitrogens with zero attached hydrogens (tertiary/aromatic N) is 3. The van der Waals surface area contributed by atoms with E-state index in [1.807, 2.05) is 30.3 Å². The molecular weight excluding hydrogens is 382 g/mol. The molecule has 0 bridgehead atoms. The average molecular weight is 410 g/mol. The molecule has 2 aliphatic heterocycles. The highest BCUT2D eigenvalue weighted by Crippen LogP contribution is 2.34. The van der Waals surface area contributed by atoms with Crippen LogP contribution in [0.1, 0.15) is 55.3 Å². The van der Waals surface area contributed by atoms with Crippen molar-refractivity contribution in [3.8, 4) is 0 Å². The summed E-state index contributed by atoms with van der Waals surface area (Å²) < 4.78 is 0. The van der Waals surface area contributed by atoms with Crippen LogP contribution in [0.2, 0.25) is 5.02 Å². The highest BCUT2D eigenvalue weighted by atomic mass is 35.5. The summed E-state index contributed by atoms with van der Waals surface area (Å²) in [5.41, 5.74) is 4.32. The molecule has 152 valence electrons. The number of amides is 1. The summed E-state index contributed by atoms with van der Waals surface area (Å²) in [7, 11) is 0. The van der Waals surface area contributed by atoms with Crippen LogP contribution < -0.4 is 0 Å². The Morgan fingerprint density at radius 2 is 1.97 bits per heavy atom. The minimum atomic E-state index is -0.0876. The molecule has 0 radical (unpaired) electrons. The van der Waals surface area contributed by atoms with Crippen LogP contribution in [0.5, 0.6) is 0 Å². The predicted octanol–water partition coefficient (Wildman–Crippen LogP) is 5.20. The molecule has 1 saturated heterocycles. The van der Waals surface area contributed by atoms with Crippen molar-refractivity contribution < 1.29 is 4.79 Å². The van der Waals surface area contributed by atoms with Crippen molar-refractivity contribution in [2.45, 2.75) is 51.6 Å². The van der Waals surface area contributed by atoms with Gasteiger partial charge in [-0.25, -0.2) is 5.01 Å². The molecule has 2 unspecified atom stereocenters. The van der Waals surface area contributed by atoms with Crippen LogP contribution in [-0.2, 0) is 4.79 Å². The lowest BCUT2D eigenvalue weighted by molar-refractivity contribution is -0.135. The number of halogens is 1. The Morgan fingerprint density at radius 3 is 2.69 bits per heavy atom. The summed E-state index contributed by atoms with van der Waals surface area (Å²) in [5.74, 6) is 0.0707. The van der Waals surface area contributed by atoms with E-state index in [1.165, 1.54) is 12.0 Å². The number of piperidine rings is 1. The molecule has 0 spiro atoms. The van der Waals surface area contributed by atoms with Gasteiger partial charge in [-0.15, -0.1) is 0 Å². The SMILES string of the molecule is Cc1cccc(C2=NN(C(=O)CN3CCCCC3C)C(c3ccc(Cl)cc3)C2)c1. The number of hydrogen-bond acceptors (Lipinski definition) is 3. The summed E-state index contributed by atoms with van der Waals surface area (Å²) in [5, 5.41) is 7.22. The molecule has 29 heavy (non-hydrogen) atoms. The Hall–Kier alpha value is -2.17. The van der Waals surface area contributed by atoms with Gasteiger partial charge in [0.25, 0.3) is 5.91 Å². The number of carbonyl (C=O) groups excluding carboxylic acids is 1. The first-order valence-corrected chi connectivity index (χ1v) is 10.8. The first kappa shape index (κ1) is 20.1. The molecule has 2 atom stereocenters. The third-order valence-corrected chi connectivity index (χ3v) is 6.30. The molecule has 4 rings (SSSR count). The van der Waals surface area contributed by atoms with Gasteiger partial charge in [-0.05, 0) is 56.5 Å². The van der Waals surface area contributed by atoms with Gasteiger partial charge in [0.05, 0.1) is 18.3 Å². The lowest BCUT2D eigenvalue weighted by atomic mass is 9.97. The number of hydrazone groups is 1. The Labute approximate surface area is 178 Å². The first-order valence-electron chi connectivity index (χ1n) is 10.5. The smallest absolute Gasteiger partial charge is 0.257 e. The quantitative estimate of drug-likeness (QED) is 0.695. The number of benzene rings is 2. The molecule has 2 aromatic rings. The fraction of sp³-hybridized carbons (Fsp3) is 0.417. The fourth-order valence-electron chi connectivity index (χ4n) is 4.32. The molecule has 1 fully saturated rings. The molecule has 2 aliphatic rings. The van der Waals surface area contributed by atoms with Crippen LogP contribution in [0.3, 0.4) is 0 Å². The third kappa shape index (κ3) is 4.54. The zero-order chi connectivity index (χ0) is 20.4. The van der Waals surface area contributed by atoms with Gasteiger partial charge < -0.3 is 0 Å². The van der Waals surface area contributed by atoms with Crippen molar-refractivity contribution in [3.63, 3.8) is 0 Å². The van der Waals surface area contributed by atoms with E-state index in [9.17, 15) is 4.79 Å². The largest absolute Gasteiger partial charge is 0.292 e. The Bertz CT molecular complexity index is 909. The van der Waals surface area contributed by atoms with E-state index in [0.29, 0.717) is 24.0 Å². The van der Waals surface area contributed by atoms with Crippen LogP contribution in [0.4, 0.5) is 0 Å². The molecule has 0 aromatic heterocycles. The molecule has 5 heteroatoms. The molecule has 0 saturated carbocycles. The summed E-state index contributed by atoms with van der Waals surface area (Å²) in [4.78, 5) is 15.6. The van der Waals surface area contributed by atoms with Gasteiger partial charge in [-0.2, -0.15) is 5.10 Å². The van der Waals surface area contributed by atoms with Crippen LogP contribution in [0, 0.1) is 6.92 Å². The van der Waals surface area contributed by atoms with Gasteiger partial charge in [0.2, 0.25) is 0 Å². The Balaban J connectivity index is 1.61. The highest BCUT2D eigenvalue weighted by molar-refractivity contribution is 6.30. The average Bonchev–Trinajstić information content (AvgIpc) is 3.16. The number of hydrogen-bond donors (Lipinski definition) is 0. The lowest BCUT2D eigenvalue weighted by Crippen LogP contribution is -2.44. The zero-order valence-corrected chi connectivity index (χ0v) is 17.9. The van der Waals surface area contributed by atoms with Gasteiger partial charge in [-0.3, -0.25) is 9.69 Å². The molecule has 2 aromatic carbocycles. The van der Waals surface area contributed by atoms with Gasteiger partial charge in [-0.1, -0.05) is 60.0 Å². The van der Waals surface area contributed by atoms with E-state index in [0.717, 1.165) is 36.2 Å². The summed E-state index contributed by atoms with van der Waals surface area (Å²) >= 11 is 6.09. The second-order valence-electron chi connectivity index (χ2n) is 8.24. The van der Waals surface area contributed by atoms with Crippen molar-refractivity contribution in [1.29, 1.82) is 0 Å². The van der Waals surface area contributed by atoms with Crippen LogP contribution in [0.15, 0.2) is 53.6 Å². The monoisotopic (exact) mass is 409 g/mol. The van der Waals surface area contributed by atoms with E-state index in [4.69, 9.17) is 16.7 Å². The van der Waals surface area contributed by atoms with Crippen molar-refractivity contribution in [1.82, 2.24) is 9.91 Å². The first-order chi connectivity index (χ1) is 14.0. The number of aryl methyl sites for hydroxylation is 1. The van der Waals surface area contributed by atoms with Crippen molar-refractivity contribution >= 4 is 23.2 Å². The van der Waals surface area contributed by atoms with Crippen molar-refractivity contribution in [3.05, 3.63) is 70.2 Å². The maximum absolute atomic E-state index is 13.3.